The number of hydrogen-bond donors (Lipinski definition) is 2. The van der Waals surface area contributed by atoms with Gasteiger partial charge in [0.2, 0.25) is 0 Å². The largest absolute Gasteiger partial charge is 0.469 e. The van der Waals surface area contributed by atoms with Crippen molar-refractivity contribution >= 4 is 11.8 Å². The van der Waals surface area contributed by atoms with Crippen LogP contribution in [0.4, 0.5) is 0 Å². The summed E-state index contributed by atoms with van der Waals surface area (Å²) in [6.45, 7) is 15.5. The number of carbonyl (C=O) groups is 2. The molecule has 5 fully saturated rings. The first-order valence-corrected chi connectivity index (χ1v) is 13.9. The number of Topliss-reactive ketones (excluding diaryl/α,β-unsaturated/α-hetero) is 1. The van der Waals surface area contributed by atoms with Crippen LogP contribution in [0.1, 0.15) is 92.4 Å². The van der Waals surface area contributed by atoms with E-state index in [1.54, 1.807) is 0 Å². The van der Waals surface area contributed by atoms with Crippen LogP contribution in [-0.2, 0) is 14.3 Å². The third-order valence-corrected chi connectivity index (χ3v) is 13.2. The quantitative estimate of drug-likeness (QED) is 0.399. The Morgan fingerprint density at radius 3 is 2.29 bits per heavy atom. The lowest BCUT2D eigenvalue weighted by atomic mass is 9.30. The van der Waals surface area contributed by atoms with E-state index in [-0.39, 0.29) is 51.2 Å². The normalized spacial score (nSPS) is 55.8. The second-order valence-electron chi connectivity index (χ2n) is 14.2. The van der Waals surface area contributed by atoms with Crippen molar-refractivity contribution in [3.63, 3.8) is 0 Å². The van der Waals surface area contributed by atoms with E-state index in [9.17, 15) is 19.8 Å². The summed E-state index contributed by atoms with van der Waals surface area (Å²) in [7, 11) is 1.53. The monoisotopic (exact) mass is 486 g/mol. The molecule has 0 aromatic heterocycles. The number of aliphatic hydroxyl groups is 2. The maximum Gasteiger partial charge on any atom is 0.312 e. The highest BCUT2D eigenvalue weighted by atomic mass is 16.5. The van der Waals surface area contributed by atoms with E-state index >= 15 is 0 Å². The van der Waals surface area contributed by atoms with E-state index in [2.05, 4.69) is 34.3 Å². The molecule has 5 rings (SSSR count). The number of rotatable bonds is 1. The van der Waals surface area contributed by atoms with Crippen molar-refractivity contribution < 1.29 is 24.5 Å². The molecule has 3 unspecified atom stereocenters. The van der Waals surface area contributed by atoms with Crippen LogP contribution >= 0.6 is 0 Å². The van der Waals surface area contributed by atoms with Gasteiger partial charge in [-0.25, -0.2) is 0 Å². The summed E-state index contributed by atoms with van der Waals surface area (Å²) in [6, 6.07) is 0. The number of methoxy groups -OCH3 is 1. The van der Waals surface area contributed by atoms with Gasteiger partial charge in [0.05, 0.1) is 18.6 Å². The predicted molar refractivity (Wildman–Crippen MR) is 134 cm³/mol. The summed E-state index contributed by atoms with van der Waals surface area (Å²) in [4.78, 5) is 26.8. The van der Waals surface area contributed by atoms with E-state index in [1.165, 1.54) is 7.11 Å². The third kappa shape index (κ3) is 2.94. The maximum atomic E-state index is 14.0. The van der Waals surface area contributed by atoms with Crippen LogP contribution in [0.3, 0.4) is 0 Å². The van der Waals surface area contributed by atoms with Gasteiger partial charge in [0.15, 0.2) is 5.78 Å². The maximum absolute atomic E-state index is 14.0. The molecule has 0 bridgehead atoms. The molecule has 0 aliphatic heterocycles. The van der Waals surface area contributed by atoms with Gasteiger partial charge in [0.1, 0.15) is 6.10 Å². The van der Waals surface area contributed by atoms with Gasteiger partial charge in [-0.3, -0.25) is 9.59 Å². The lowest BCUT2D eigenvalue weighted by Crippen LogP contribution is -2.71. The van der Waals surface area contributed by atoms with Crippen molar-refractivity contribution in [2.24, 2.45) is 50.7 Å². The zero-order chi connectivity index (χ0) is 25.8. The molecule has 0 spiro atoms. The molecular weight excluding hydrogens is 440 g/mol. The first kappa shape index (κ1) is 25.4. The predicted octanol–water partition coefficient (Wildman–Crippen LogP) is 5.08. The van der Waals surface area contributed by atoms with Crippen molar-refractivity contribution in [2.75, 3.05) is 7.11 Å². The first-order valence-electron chi connectivity index (χ1n) is 13.9. The lowest BCUT2D eigenvalue weighted by molar-refractivity contribution is -0.261. The molecule has 0 amide bonds. The van der Waals surface area contributed by atoms with Crippen molar-refractivity contribution in [2.45, 2.75) is 105 Å². The van der Waals surface area contributed by atoms with E-state index in [0.717, 1.165) is 44.1 Å². The van der Waals surface area contributed by atoms with Crippen molar-refractivity contribution in [3.05, 3.63) is 12.2 Å². The third-order valence-electron chi connectivity index (χ3n) is 13.2. The number of fused-ring (bicyclic) bond motifs is 7. The van der Waals surface area contributed by atoms with Gasteiger partial charge < -0.3 is 14.9 Å². The molecule has 5 heteroatoms. The topological polar surface area (TPSA) is 83.8 Å². The molecule has 5 nitrogen and oxygen atoms in total. The standard InChI is InChI=1S/C30H46O5/c1-17-14-22-26(3,16-20(17)32)10-12-29(6)21-8-9-27(4)18(2)24(33)19(31)15-23(27)28(21,5)11-13-30(22,29)25(34)35-7/h18-23,31-32H,1,8-16H2,2-7H3/t18-,19-,20-,21?,22?,23?,26-,27+,28+,29+,30-/m0/s1. The number of hydrogen-bond acceptors (Lipinski definition) is 5. The molecular formula is C30H46O5. The van der Waals surface area contributed by atoms with E-state index in [1.807, 2.05) is 6.92 Å². The summed E-state index contributed by atoms with van der Waals surface area (Å²) >= 11 is 0. The van der Waals surface area contributed by atoms with Crippen LogP contribution in [0.5, 0.6) is 0 Å². The van der Waals surface area contributed by atoms with Gasteiger partial charge >= 0.3 is 5.97 Å². The molecule has 2 N–H and O–H groups in total. The number of ketones is 1. The van der Waals surface area contributed by atoms with Crippen LogP contribution in [0.25, 0.3) is 0 Å². The second kappa shape index (κ2) is 7.66. The fraction of sp³-hybridized carbons (Fsp3) is 0.867. The fourth-order valence-corrected chi connectivity index (χ4v) is 11.0. The Kier molecular flexibility index (Phi) is 5.57. The van der Waals surface area contributed by atoms with Gasteiger partial charge in [-0.1, -0.05) is 41.2 Å². The average Bonchev–Trinajstić information content (AvgIpc) is 2.80. The van der Waals surface area contributed by atoms with Crippen molar-refractivity contribution in [1.29, 1.82) is 0 Å². The van der Waals surface area contributed by atoms with Crippen molar-refractivity contribution in [1.82, 2.24) is 0 Å². The minimum atomic E-state index is -0.878. The summed E-state index contributed by atoms with van der Waals surface area (Å²) in [5.41, 5.74) is -0.273. The SMILES string of the molecule is C=C1CC2[C@@](C)(CC[C@]3(C)C4CC[C@@]5(C)C(C[C@H](O)C(=O)[C@@H]5C)[C@]4(C)CC[C@@]23C(=O)OC)C[C@@H]1O. The second-order valence-corrected chi connectivity index (χ2v) is 14.2. The zero-order valence-corrected chi connectivity index (χ0v) is 22.7. The van der Waals surface area contributed by atoms with Gasteiger partial charge in [-0.15, -0.1) is 0 Å². The molecule has 35 heavy (non-hydrogen) atoms. The molecule has 5 saturated carbocycles. The minimum Gasteiger partial charge on any atom is -0.469 e. The highest BCUT2D eigenvalue weighted by Gasteiger charge is 2.75. The highest BCUT2D eigenvalue weighted by molar-refractivity contribution is 5.86. The smallest absolute Gasteiger partial charge is 0.312 e. The van der Waals surface area contributed by atoms with Crippen LogP contribution in [0, 0.1) is 50.7 Å². The first-order chi connectivity index (χ1) is 16.2. The van der Waals surface area contributed by atoms with Crippen LogP contribution < -0.4 is 0 Å². The van der Waals surface area contributed by atoms with Crippen LogP contribution in [0.15, 0.2) is 12.2 Å². The number of ether oxygens (including phenoxy) is 1. The highest BCUT2D eigenvalue weighted by Crippen LogP contribution is 2.78. The number of esters is 1. The molecule has 5 aliphatic carbocycles. The molecule has 0 heterocycles. The van der Waals surface area contributed by atoms with E-state index < -0.39 is 17.6 Å². The Hall–Kier alpha value is -1.20. The van der Waals surface area contributed by atoms with Gasteiger partial charge in [-0.2, -0.15) is 0 Å². The van der Waals surface area contributed by atoms with Gasteiger partial charge in [0, 0.05) is 5.92 Å². The fourth-order valence-electron chi connectivity index (χ4n) is 11.0. The molecule has 0 aromatic rings. The van der Waals surface area contributed by atoms with Crippen LogP contribution in [0.2, 0.25) is 0 Å². The lowest BCUT2D eigenvalue weighted by Gasteiger charge is -2.73. The molecule has 196 valence electrons. The Morgan fingerprint density at radius 2 is 1.63 bits per heavy atom. The Morgan fingerprint density at radius 1 is 0.943 bits per heavy atom. The summed E-state index contributed by atoms with van der Waals surface area (Å²) in [6.07, 6.45) is 6.05. The Labute approximate surface area is 211 Å². The summed E-state index contributed by atoms with van der Waals surface area (Å²) in [5.74, 6) is 0.449. The average molecular weight is 487 g/mol. The zero-order valence-electron chi connectivity index (χ0n) is 22.7. The molecule has 0 aromatic carbocycles. The summed E-state index contributed by atoms with van der Waals surface area (Å²) in [5, 5.41) is 21.5. The molecule has 0 saturated heterocycles. The van der Waals surface area contributed by atoms with Gasteiger partial charge in [-0.05, 0) is 103 Å². The minimum absolute atomic E-state index is 0.00411. The van der Waals surface area contributed by atoms with E-state index in [4.69, 9.17) is 4.74 Å². The molecule has 5 aliphatic rings. The molecule has 11 atom stereocenters. The van der Waals surface area contributed by atoms with Crippen LogP contribution in [-0.4, -0.2) is 41.3 Å². The number of carbonyl (C=O) groups excluding carboxylic acids is 2. The molecule has 0 radical (unpaired) electrons. The van der Waals surface area contributed by atoms with Gasteiger partial charge in [0.25, 0.3) is 0 Å². The Bertz CT molecular complexity index is 958. The van der Waals surface area contributed by atoms with E-state index in [0.29, 0.717) is 25.2 Å². The number of aliphatic hydroxyl groups excluding tert-OH is 2. The van der Waals surface area contributed by atoms with Crippen molar-refractivity contribution in [3.8, 4) is 0 Å². The summed E-state index contributed by atoms with van der Waals surface area (Å²) < 4.78 is 5.64. The Balaban J connectivity index is 1.63.